The predicted octanol–water partition coefficient (Wildman–Crippen LogP) is 4.89. The van der Waals surface area contributed by atoms with Crippen molar-refractivity contribution in [2.75, 3.05) is 23.9 Å². The molecule has 32 heavy (non-hydrogen) atoms. The lowest BCUT2D eigenvalue weighted by molar-refractivity contribution is -0.118. The zero-order valence-corrected chi connectivity index (χ0v) is 19.0. The van der Waals surface area contributed by atoms with E-state index in [1.807, 2.05) is 85.7 Å². The highest BCUT2D eigenvalue weighted by atomic mass is 35.5. The van der Waals surface area contributed by atoms with Crippen LogP contribution in [0.5, 0.6) is 0 Å². The summed E-state index contributed by atoms with van der Waals surface area (Å²) in [6, 6.07) is 21.2. The molecule has 0 saturated carbocycles. The number of carbonyl (C=O) groups is 1. The standard InChI is InChI=1S/C23H19ClN6OS/c1-28(2)17-10-7-15(8-11-17)23-25-27-29(26-23)14-22(31)30-18-5-3-4-6-20(18)32-21-12-9-16(24)13-19(21)30/h3-13H,14H2,1-2H3. The Morgan fingerprint density at radius 1 is 1.00 bits per heavy atom. The SMILES string of the molecule is CN(C)c1ccc(-c2nnn(CC(=O)N3c4ccccc4Sc4ccc(Cl)cc43)n2)cc1. The molecular weight excluding hydrogens is 444 g/mol. The van der Waals surface area contributed by atoms with Crippen LogP contribution in [0.3, 0.4) is 0 Å². The largest absolute Gasteiger partial charge is 0.378 e. The molecule has 0 unspecified atom stereocenters. The van der Waals surface area contributed by atoms with Crippen molar-refractivity contribution >= 4 is 46.3 Å². The quantitative estimate of drug-likeness (QED) is 0.430. The van der Waals surface area contributed by atoms with Crippen LogP contribution in [-0.2, 0) is 11.3 Å². The Balaban J connectivity index is 1.43. The Morgan fingerprint density at radius 2 is 1.75 bits per heavy atom. The predicted molar refractivity (Wildman–Crippen MR) is 127 cm³/mol. The third kappa shape index (κ3) is 3.83. The molecule has 0 atom stereocenters. The van der Waals surface area contributed by atoms with Crippen LogP contribution in [0.4, 0.5) is 17.1 Å². The molecule has 0 spiro atoms. The van der Waals surface area contributed by atoms with Crippen LogP contribution in [0, 0.1) is 0 Å². The molecule has 3 aromatic carbocycles. The number of halogens is 1. The van der Waals surface area contributed by atoms with Gasteiger partial charge in [-0.2, -0.15) is 4.80 Å². The topological polar surface area (TPSA) is 67.2 Å². The number of para-hydroxylation sites is 1. The molecule has 0 N–H and O–H groups in total. The number of hydrogen-bond donors (Lipinski definition) is 0. The first-order valence-electron chi connectivity index (χ1n) is 9.94. The van der Waals surface area contributed by atoms with Gasteiger partial charge >= 0.3 is 0 Å². The van der Waals surface area contributed by atoms with E-state index < -0.39 is 0 Å². The van der Waals surface area contributed by atoms with Gasteiger partial charge in [0.05, 0.1) is 11.4 Å². The summed E-state index contributed by atoms with van der Waals surface area (Å²) < 4.78 is 0. The smallest absolute Gasteiger partial charge is 0.255 e. The number of hydrogen-bond acceptors (Lipinski definition) is 6. The Hall–Kier alpha value is -3.36. The van der Waals surface area contributed by atoms with Gasteiger partial charge in [0.15, 0.2) is 0 Å². The number of benzene rings is 3. The normalized spacial score (nSPS) is 12.3. The molecule has 7 nitrogen and oxygen atoms in total. The van der Waals surface area contributed by atoms with Crippen LogP contribution in [-0.4, -0.2) is 40.2 Å². The second-order valence-electron chi connectivity index (χ2n) is 7.50. The monoisotopic (exact) mass is 462 g/mol. The summed E-state index contributed by atoms with van der Waals surface area (Å²) in [5, 5.41) is 13.2. The van der Waals surface area contributed by atoms with Crippen molar-refractivity contribution in [2.45, 2.75) is 16.3 Å². The van der Waals surface area contributed by atoms with Gasteiger partial charge in [0, 0.05) is 40.2 Å². The molecule has 1 aliphatic rings. The lowest BCUT2D eigenvalue weighted by atomic mass is 10.2. The highest BCUT2D eigenvalue weighted by Crippen LogP contribution is 2.48. The van der Waals surface area contributed by atoms with Gasteiger partial charge in [-0.25, -0.2) is 0 Å². The third-order valence-corrected chi connectivity index (χ3v) is 6.47. The molecule has 0 fully saturated rings. The van der Waals surface area contributed by atoms with Gasteiger partial charge in [-0.3, -0.25) is 9.69 Å². The summed E-state index contributed by atoms with van der Waals surface area (Å²) in [6.07, 6.45) is 0. The van der Waals surface area contributed by atoms with E-state index in [1.165, 1.54) is 4.80 Å². The maximum Gasteiger partial charge on any atom is 0.255 e. The summed E-state index contributed by atoms with van der Waals surface area (Å²) in [6.45, 7) is -0.0479. The Bertz CT molecular complexity index is 1300. The number of carbonyl (C=O) groups excluding carboxylic acids is 1. The van der Waals surface area contributed by atoms with E-state index in [1.54, 1.807) is 16.7 Å². The van der Waals surface area contributed by atoms with Crippen LogP contribution < -0.4 is 9.80 Å². The van der Waals surface area contributed by atoms with Crippen molar-refractivity contribution < 1.29 is 4.79 Å². The highest BCUT2D eigenvalue weighted by Gasteiger charge is 2.29. The number of rotatable bonds is 4. The van der Waals surface area contributed by atoms with E-state index in [-0.39, 0.29) is 12.5 Å². The molecule has 0 radical (unpaired) electrons. The number of tetrazole rings is 1. The molecule has 9 heteroatoms. The Kier molecular flexibility index (Phi) is 5.32. The van der Waals surface area contributed by atoms with Gasteiger partial charge in [0.1, 0.15) is 6.54 Å². The molecule has 0 aliphatic carbocycles. The number of amides is 1. The second kappa shape index (κ2) is 8.29. The van der Waals surface area contributed by atoms with Crippen molar-refractivity contribution in [3.8, 4) is 11.4 Å². The molecule has 1 amide bonds. The van der Waals surface area contributed by atoms with Crippen LogP contribution >= 0.6 is 23.4 Å². The Morgan fingerprint density at radius 3 is 2.53 bits per heavy atom. The molecular formula is C23H19ClN6OS. The van der Waals surface area contributed by atoms with Crippen LogP contribution in [0.15, 0.2) is 76.5 Å². The average Bonchev–Trinajstić information content (AvgIpc) is 3.26. The first kappa shape index (κ1) is 20.5. The van der Waals surface area contributed by atoms with E-state index in [0.29, 0.717) is 10.8 Å². The first-order chi connectivity index (χ1) is 15.5. The summed E-state index contributed by atoms with van der Waals surface area (Å²) in [4.78, 5) is 20.4. The lowest BCUT2D eigenvalue weighted by Gasteiger charge is -2.31. The summed E-state index contributed by atoms with van der Waals surface area (Å²) >= 11 is 7.86. The van der Waals surface area contributed by atoms with E-state index in [9.17, 15) is 4.79 Å². The summed E-state index contributed by atoms with van der Waals surface area (Å²) in [7, 11) is 3.97. The van der Waals surface area contributed by atoms with E-state index in [0.717, 1.165) is 32.4 Å². The zero-order valence-electron chi connectivity index (χ0n) is 17.4. The minimum absolute atomic E-state index is 0.0479. The molecule has 1 aliphatic heterocycles. The zero-order chi connectivity index (χ0) is 22.2. The average molecular weight is 463 g/mol. The number of aromatic nitrogens is 4. The lowest BCUT2D eigenvalue weighted by Crippen LogP contribution is -2.32. The van der Waals surface area contributed by atoms with Crippen molar-refractivity contribution in [3.63, 3.8) is 0 Å². The van der Waals surface area contributed by atoms with Gasteiger partial charge in [0.25, 0.3) is 5.91 Å². The maximum absolute atomic E-state index is 13.4. The van der Waals surface area contributed by atoms with Gasteiger partial charge in [-0.15, -0.1) is 10.2 Å². The number of nitrogens with zero attached hydrogens (tertiary/aromatic N) is 6. The van der Waals surface area contributed by atoms with Gasteiger partial charge in [0.2, 0.25) is 5.82 Å². The van der Waals surface area contributed by atoms with E-state index >= 15 is 0 Å². The van der Waals surface area contributed by atoms with Gasteiger partial charge < -0.3 is 4.90 Å². The van der Waals surface area contributed by atoms with E-state index in [2.05, 4.69) is 15.4 Å². The molecule has 160 valence electrons. The molecule has 0 saturated heterocycles. The van der Waals surface area contributed by atoms with Crippen molar-refractivity contribution in [2.24, 2.45) is 0 Å². The van der Waals surface area contributed by atoms with Gasteiger partial charge in [-0.05, 0) is 59.8 Å². The fourth-order valence-electron chi connectivity index (χ4n) is 3.52. The van der Waals surface area contributed by atoms with Crippen molar-refractivity contribution in [1.82, 2.24) is 20.2 Å². The Labute approximate surface area is 194 Å². The third-order valence-electron chi connectivity index (χ3n) is 5.11. The summed E-state index contributed by atoms with van der Waals surface area (Å²) in [5.41, 5.74) is 3.49. The minimum Gasteiger partial charge on any atom is -0.378 e. The number of anilines is 3. The fraction of sp³-hybridized carbons (Fsp3) is 0.130. The number of fused-ring (bicyclic) bond motifs is 2. The van der Waals surface area contributed by atoms with Crippen molar-refractivity contribution in [1.29, 1.82) is 0 Å². The maximum atomic E-state index is 13.4. The van der Waals surface area contributed by atoms with Crippen LogP contribution in [0.1, 0.15) is 0 Å². The highest BCUT2D eigenvalue weighted by molar-refractivity contribution is 7.99. The molecule has 2 heterocycles. The second-order valence-corrected chi connectivity index (χ2v) is 9.02. The molecule has 0 bridgehead atoms. The van der Waals surface area contributed by atoms with Gasteiger partial charge in [-0.1, -0.05) is 35.5 Å². The molecule has 1 aromatic heterocycles. The minimum atomic E-state index is -0.173. The van der Waals surface area contributed by atoms with Crippen LogP contribution in [0.2, 0.25) is 5.02 Å². The first-order valence-corrected chi connectivity index (χ1v) is 11.1. The fourth-order valence-corrected chi connectivity index (χ4v) is 4.73. The molecule has 4 aromatic rings. The molecule has 5 rings (SSSR count). The van der Waals surface area contributed by atoms with E-state index in [4.69, 9.17) is 11.6 Å². The summed E-state index contributed by atoms with van der Waals surface area (Å²) in [5.74, 6) is 0.300. The van der Waals surface area contributed by atoms with Crippen molar-refractivity contribution in [3.05, 3.63) is 71.8 Å². The van der Waals surface area contributed by atoms with Crippen LogP contribution in [0.25, 0.3) is 11.4 Å².